The third-order valence-corrected chi connectivity index (χ3v) is 4.88. The van der Waals surface area contributed by atoms with Crippen LogP contribution in [0.4, 0.5) is 0 Å². The van der Waals surface area contributed by atoms with Crippen LogP contribution in [-0.4, -0.2) is 0 Å². The van der Waals surface area contributed by atoms with Gasteiger partial charge in [0.2, 0.25) is 0 Å². The number of hydrogen-bond donors (Lipinski definition) is 0. The summed E-state index contributed by atoms with van der Waals surface area (Å²) in [6.07, 6.45) is 0. The summed E-state index contributed by atoms with van der Waals surface area (Å²) in [7, 11) is 0. The number of hydrogen-bond acceptors (Lipinski definition) is 1. The van der Waals surface area contributed by atoms with Crippen LogP contribution >= 0.6 is 11.8 Å². The van der Waals surface area contributed by atoms with Gasteiger partial charge in [-0.2, -0.15) is 0 Å². The predicted molar refractivity (Wildman–Crippen MR) is 80.7 cm³/mol. The molecule has 1 heteroatoms. The van der Waals surface area contributed by atoms with Gasteiger partial charge in [-0.05, 0) is 68.5 Å². The lowest BCUT2D eigenvalue weighted by molar-refractivity contribution is 1.17. The van der Waals surface area contributed by atoms with Crippen molar-refractivity contribution in [2.45, 2.75) is 44.4 Å². The molecule has 0 aliphatic carbocycles. The van der Waals surface area contributed by atoms with Gasteiger partial charge >= 0.3 is 0 Å². The molecular formula is C17H20S. The second-order valence-corrected chi connectivity index (χ2v) is 6.08. The van der Waals surface area contributed by atoms with Crippen molar-refractivity contribution in [1.29, 1.82) is 0 Å². The summed E-state index contributed by atoms with van der Waals surface area (Å²) in [5.41, 5.74) is 6.83. The van der Waals surface area contributed by atoms with E-state index in [9.17, 15) is 0 Å². The van der Waals surface area contributed by atoms with Crippen LogP contribution in [0.15, 0.2) is 40.1 Å². The van der Waals surface area contributed by atoms with Gasteiger partial charge in [-0.25, -0.2) is 0 Å². The molecule has 0 N–H and O–H groups in total. The quantitative estimate of drug-likeness (QED) is 0.695. The monoisotopic (exact) mass is 256 g/mol. The Labute approximate surface area is 114 Å². The van der Waals surface area contributed by atoms with Gasteiger partial charge in [0.15, 0.2) is 0 Å². The maximum absolute atomic E-state index is 2.29. The number of benzene rings is 2. The molecule has 0 radical (unpaired) electrons. The zero-order chi connectivity index (χ0) is 13.3. The molecule has 18 heavy (non-hydrogen) atoms. The largest absolute Gasteiger partial charge is 0.0892 e. The smallest absolute Gasteiger partial charge is 0.0180 e. The molecule has 0 saturated heterocycles. The molecule has 0 saturated carbocycles. The molecule has 2 rings (SSSR count). The molecular weight excluding hydrogens is 236 g/mol. The van der Waals surface area contributed by atoms with Crippen molar-refractivity contribution in [1.82, 2.24) is 0 Å². The SMILES string of the molecule is Cc1cc(C)c(C)c(Sc2c(C)cccc2C)c1. The van der Waals surface area contributed by atoms with Crippen molar-refractivity contribution in [2.75, 3.05) is 0 Å². The van der Waals surface area contributed by atoms with E-state index in [1.807, 2.05) is 11.8 Å². The van der Waals surface area contributed by atoms with Crippen LogP contribution in [0, 0.1) is 34.6 Å². The molecule has 0 atom stereocenters. The van der Waals surface area contributed by atoms with E-state index in [1.54, 1.807) is 0 Å². The molecule has 0 aromatic heterocycles. The first-order chi connectivity index (χ1) is 8.49. The second-order valence-electron chi connectivity index (χ2n) is 5.03. The molecule has 94 valence electrons. The van der Waals surface area contributed by atoms with E-state index in [4.69, 9.17) is 0 Å². The Bertz CT molecular complexity index is 562. The standard InChI is InChI=1S/C17H20S/c1-11-9-14(4)15(5)16(10-11)18-17-12(2)7-6-8-13(17)3/h6-10H,1-5H3. The van der Waals surface area contributed by atoms with E-state index in [2.05, 4.69) is 65.0 Å². The van der Waals surface area contributed by atoms with Gasteiger partial charge in [0.05, 0.1) is 0 Å². The average Bonchev–Trinajstić information content (AvgIpc) is 2.30. The van der Waals surface area contributed by atoms with E-state index in [0.717, 1.165) is 0 Å². The molecule has 0 aliphatic rings. The molecule has 0 fully saturated rings. The molecule has 0 unspecified atom stereocenters. The Morgan fingerprint density at radius 3 is 2.00 bits per heavy atom. The maximum Gasteiger partial charge on any atom is 0.0180 e. The zero-order valence-corrected chi connectivity index (χ0v) is 12.6. The van der Waals surface area contributed by atoms with Crippen LogP contribution in [0.5, 0.6) is 0 Å². The minimum absolute atomic E-state index is 1.34. The fourth-order valence-corrected chi connectivity index (χ4v) is 3.41. The normalized spacial score (nSPS) is 10.7. The van der Waals surface area contributed by atoms with Gasteiger partial charge in [0, 0.05) is 9.79 Å². The highest BCUT2D eigenvalue weighted by Crippen LogP contribution is 2.36. The number of aryl methyl sites for hydroxylation is 4. The zero-order valence-electron chi connectivity index (χ0n) is 11.8. The Hall–Kier alpha value is -1.21. The Kier molecular flexibility index (Phi) is 3.82. The Balaban J connectivity index is 2.46. The minimum atomic E-state index is 1.34. The van der Waals surface area contributed by atoms with Gasteiger partial charge in [0.1, 0.15) is 0 Å². The van der Waals surface area contributed by atoms with Crippen molar-refractivity contribution in [2.24, 2.45) is 0 Å². The van der Waals surface area contributed by atoms with Crippen molar-refractivity contribution in [3.05, 3.63) is 58.1 Å². The van der Waals surface area contributed by atoms with Crippen LogP contribution in [-0.2, 0) is 0 Å². The molecule has 0 heterocycles. The lowest BCUT2D eigenvalue weighted by Gasteiger charge is -2.13. The summed E-state index contributed by atoms with van der Waals surface area (Å²) in [5.74, 6) is 0. The molecule has 0 spiro atoms. The van der Waals surface area contributed by atoms with E-state index in [1.165, 1.54) is 37.6 Å². The lowest BCUT2D eigenvalue weighted by Crippen LogP contribution is -1.90. The van der Waals surface area contributed by atoms with Crippen LogP contribution in [0.25, 0.3) is 0 Å². The van der Waals surface area contributed by atoms with Crippen molar-refractivity contribution in [3.8, 4) is 0 Å². The molecule has 2 aromatic rings. The van der Waals surface area contributed by atoms with Gasteiger partial charge < -0.3 is 0 Å². The Morgan fingerprint density at radius 1 is 0.778 bits per heavy atom. The molecule has 0 aliphatic heterocycles. The van der Waals surface area contributed by atoms with Crippen molar-refractivity contribution >= 4 is 11.8 Å². The molecule has 0 bridgehead atoms. The molecule has 0 nitrogen and oxygen atoms in total. The Morgan fingerprint density at radius 2 is 1.39 bits per heavy atom. The number of rotatable bonds is 2. The summed E-state index contributed by atoms with van der Waals surface area (Å²) in [5, 5.41) is 0. The average molecular weight is 256 g/mol. The van der Waals surface area contributed by atoms with E-state index in [-0.39, 0.29) is 0 Å². The molecule has 0 amide bonds. The van der Waals surface area contributed by atoms with Gasteiger partial charge in [-0.3, -0.25) is 0 Å². The third kappa shape index (κ3) is 2.62. The van der Waals surface area contributed by atoms with Crippen molar-refractivity contribution < 1.29 is 0 Å². The first-order valence-corrected chi connectivity index (χ1v) is 7.12. The van der Waals surface area contributed by atoms with Crippen LogP contribution in [0.3, 0.4) is 0 Å². The predicted octanol–water partition coefficient (Wildman–Crippen LogP) is 5.38. The van der Waals surface area contributed by atoms with E-state index >= 15 is 0 Å². The lowest BCUT2D eigenvalue weighted by atomic mass is 10.1. The van der Waals surface area contributed by atoms with Crippen molar-refractivity contribution in [3.63, 3.8) is 0 Å². The van der Waals surface area contributed by atoms with Gasteiger partial charge in [0.25, 0.3) is 0 Å². The fraction of sp³-hybridized carbons (Fsp3) is 0.294. The first kappa shape index (κ1) is 13.2. The minimum Gasteiger partial charge on any atom is -0.0892 e. The third-order valence-electron chi connectivity index (χ3n) is 3.38. The van der Waals surface area contributed by atoms with E-state index in [0.29, 0.717) is 0 Å². The summed E-state index contributed by atoms with van der Waals surface area (Å²) >= 11 is 1.90. The summed E-state index contributed by atoms with van der Waals surface area (Å²) in [6.45, 7) is 10.9. The van der Waals surface area contributed by atoms with Crippen LogP contribution < -0.4 is 0 Å². The second kappa shape index (κ2) is 5.19. The molecule has 2 aromatic carbocycles. The summed E-state index contributed by atoms with van der Waals surface area (Å²) in [4.78, 5) is 2.77. The van der Waals surface area contributed by atoms with Gasteiger partial charge in [-0.15, -0.1) is 0 Å². The highest BCUT2D eigenvalue weighted by atomic mass is 32.2. The van der Waals surface area contributed by atoms with E-state index < -0.39 is 0 Å². The highest BCUT2D eigenvalue weighted by Gasteiger charge is 2.08. The first-order valence-electron chi connectivity index (χ1n) is 6.31. The van der Waals surface area contributed by atoms with Crippen LogP contribution in [0.1, 0.15) is 27.8 Å². The topological polar surface area (TPSA) is 0 Å². The summed E-state index contributed by atoms with van der Waals surface area (Å²) < 4.78 is 0. The van der Waals surface area contributed by atoms with Crippen LogP contribution in [0.2, 0.25) is 0 Å². The van der Waals surface area contributed by atoms with Gasteiger partial charge in [-0.1, -0.05) is 36.0 Å². The summed E-state index contributed by atoms with van der Waals surface area (Å²) in [6, 6.07) is 11.0. The fourth-order valence-electron chi connectivity index (χ4n) is 2.18. The highest BCUT2D eigenvalue weighted by molar-refractivity contribution is 7.99. The maximum atomic E-state index is 2.29.